The van der Waals surface area contributed by atoms with Gasteiger partial charge in [-0.15, -0.1) is 12.4 Å². The monoisotopic (exact) mass is 374 g/mol. The molecule has 1 saturated heterocycles. The minimum atomic E-state index is 0. The van der Waals surface area contributed by atoms with Gasteiger partial charge in [0.05, 0.1) is 7.11 Å². The summed E-state index contributed by atoms with van der Waals surface area (Å²) in [5.74, 6) is 0.926. The summed E-state index contributed by atoms with van der Waals surface area (Å²) < 4.78 is 5.18. The molecule has 142 valence electrons. The molecule has 1 atom stereocenters. The number of ether oxygens (including phenoxy) is 1. The molecule has 4 rings (SSSR count). The van der Waals surface area contributed by atoms with Crippen LogP contribution in [0.4, 0.5) is 0 Å². The van der Waals surface area contributed by atoms with E-state index in [1.54, 1.807) is 7.11 Å². The van der Waals surface area contributed by atoms with Crippen LogP contribution in [0.2, 0.25) is 0 Å². The lowest BCUT2D eigenvalue weighted by Crippen LogP contribution is -2.45. The van der Waals surface area contributed by atoms with Crippen LogP contribution >= 0.6 is 12.4 Å². The number of fused-ring (bicyclic) bond motifs is 2. The van der Waals surface area contributed by atoms with Crippen molar-refractivity contribution in [2.24, 2.45) is 0 Å². The number of piperazine rings is 1. The van der Waals surface area contributed by atoms with Crippen molar-refractivity contribution in [3.05, 3.63) is 65.2 Å². The van der Waals surface area contributed by atoms with Crippen LogP contribution in [0, 0.1) is 0 Å². The van der Waals surface area contributed by atoms with Gasteiger partial charge in [0.2, 0.25) is 0 Å². The minimum absolute atomic E-state index is 0. The van der Waals surface area contributed by atoms with Gasteiger partial charge in [0.25, 0.3) is 0 Å². The maximum Gasteiger partial charge on any atom is 0.118 e. The van der Waals surface area contributed by atoms with Gasteiger partial charge < -0.3 is 10.1 Å². The van der Waals surface area contributed by atoms with E-state index in [4.69, 9.17) is 4.74 Å². The summed E-state index contributed by atoms with van der Waals surface area (Å²) in [6, 6.07) is 17.8. The Morgan fingerprint density at radius 2 is 1.77 bits per heavy atom. The van der Waals surface area contributed by atoms with Gasteiger partial charge in [-0.2, -0.15) is 0 Å². The Morgan fingerprint density at radius 1 is 1.08 bits per heavy atom. The maximum atomic E-state index is 5.18. The highest BCUT2D eigenvalue weighted by molar-refractivity contribution is 5.85. The number of methoxy groups -OCH3 is 1. The van der Waals surface area contributed by atoms with Crippen LogP contribution in [0.15, 0.2) is 48.5 Å². The van der Waals surface area contributed by atoms with Crippen LogP contribution in [0.3, 0.4) is 0 Å². The Bertz CT molecular complexity index is 640. The SMILES string of the molecule is CCN1CCNCC1c1ccc(OC)cc1.Cl.c1cc2cc(c1)CCC2. The number of halogens is 1. The molecule has 2 bridgehead atoms. The molecule has 1 fully saturated rings. The Balaban J connectivity index is 0.000000206. The van der Waals surface area contributed by atoms with Crippen LogP contribution in [-0.4, -0.2) is 38.2 Å². The molecule has 0 radical (unpaired) electrons. The summed E-state index contributed by atoms with van der Waals surface area (Å²) >= 11 is 0. The molecule has 0 aromatic heterocycles. The lowest BCUT2D eigenvalue weighted by Gasteiger charge is -2.35. The Kier molecular flexibility index (Phi) is 8.43. The topological polar surface area (TPSA) is 24.5 Å². The predicted molar refractivity (Wildman–Crippen MR) is 112 cm³/mol. The largest absolute Gasteiger partial charge is 0.497 e. The second kappa shape index (κ2) is 10.6. The highest BCUT2D eigenvalue weighted by Gasteiger charge is 2.21. The molecular weight excluding hydrogens is 344 g/mol. The van der Waals surface area contributed by atoms with Crippen LogP contribution in [0.1, 0.15) is 36.1 Å². The average molecular weight is 375 g/mol. The minimum Gasteiger partial charge on any atom is -0.497 e. The Hall–Kier alpha value is -1.55. The highest BCUT2D eigenvalue weighted by Crippen LogP contribution is 2.23. The number of hydrogen-bond donors (Lipinski definition) is 1. The number of rotatable bonds is 3. The van der Waals surface area contributed by atoms with Gasteiger partial charge in [-0.1, -0.05) is 43.3 Å². The van der Waals surface area contributed by atoms with E-state index in [0.29, 0.717) is 6.04 Å². The Morgan fingerprint density at radius 3 is 2.35 bits per heavy atom. The van der Waals surface area contributed by atoms with Gasteiger partial charge >= 0.3 is 0 Å². The first-order valence-corrected chi connectivity index (χ1v) is 9.46. The normalized spacial score (nSPS) is 18.9. The highest BCUT2D eigenvalue weighted by atomic mass is 35.5. The maximum absolute atomic E-state index is 5.18. The molecule has 2 aliphatic rings. The standard InChI is InChI=1S/C13H20N2O.C9H10.ClH/c1-3-15-9-8-14-10-13(15)11-4-6-12(16-2)7-5-11;1-3-8-5-2-6-9(4-1)7-8;/h4-7,13-14H,3,8-10H2,1-2H3;1,3-4,7H,2,5-6H2;1H. The molecule has 0 saturated carbocycles. The van der Waals surface area contributed by atoms with Crippen molar-refractivity contribution in [2.45, 2.75) is 32.2 Å². The molecular formula is C22H31ClN2O. The number of hydrogen-bond acceptors (Lipinski definition) is 3. The van der Waals surface area contributed by atoms with Crippen molar-refractivity contribution in [1.29, 1.82) is 0 Å². The summed E-state index contributed by atoms with van der Waals surface area (Å²) in [7, 11) is 1.70. The fourth-order valence-electron chi connectivity index (χ4n) is 3.72. The summed E-state index contributed by atoms with van der Waals surface area (Å²) in [5.41, 5.74) is 4.40. The number of benzene rings is 2. The number of likely N-dealkylation sites (N-methyl/N-ethyl adjacent to an activating group) is 1. The smallest absolute Gasteiger partial charge is 0.118 e. The fraction of sp³-hybridized carbons (Fsp3) is 0.455. The van der Waals surface area contributed by atoms with Crippen LogP contribution in [0.25, 0.3) is 0 Å². The van der Waals surface area contributed by atoms with Crippen molar-refractivity contribution in [1.82, 2.24) is 10.2 Å². The molecule has 3 nitrogen and oxygen atoms in total. The van der Waals surface area contributed by atoms with Gasteiger partial charge in [0, 0.05) is 25.7 Å². The van der Waals surface area contributed by atoms with E-state index in [0.717, 1.165) is 31.9 Å². The van der Waals surface area contributed by atoms with Crippen LogP contribution in [-0.2, 0) is 12.8 Å². The number of nitrogens with zero attached hydrogens (tertiary/aromatic N) is 1. The molecule has 2 aromatic carbocycles. The summed E-state index contributed by atoms with van der Waals surface area (Å²) in [6.07, 6.45) is 3.92. The summed E-state index contributed by atoms with van der Waals surface area (Å²) in [4.78, 5) is 2.51. The molecule has 0 spiro atoms. The van der Waals surface area contributed by atoms with Crippen molar-refractivity contribution >= 4 is 12.4 Å². The van der Waals surface area contributed by atoms with Crippen LogP contribution in [0.5, 0.6) is 5.75 Å². The second-order valence-corrected chi connectivity index (χ2v) is 6.80. The zero-order valence-corrected chi connectivity index (χ0v) is 16.7. The third kappa shape index (κ3) is 5.47. The molecule has 1 aliphatic heterocycles. The number of nitrogens with one attached hydrogen (secondary N) is 1. The lowest BCUT2D eigenvalue weighted by atomic mass is 9.96. The molecule has 4 heteroatoms. The fourth-order valence-corrected chi connectivity index (χ4v) is 3.72. The summed E-state index contributed by atoms with van der Waals surface area (Å²) in [5, 5.41) is 3.45. The molecule has 26 heavy (non-hydrogen) atoms. The van der Waals surface area contributed by atoms with Crippen molar-refractivity contribution in [3.8, 4) is 5.75 Å². The van der Waals surface area contributed by atoms with E-state index in [1.807, 2.05) is 12.1 Å². The van der Waals surface area contributed by atoms with Gasteiger partial charge in [-0.05, 0) is 54.6 Å². The van der Waals surface area contributed by atoms with E-state index in [1.165, 1.54) is 36.0 Å². The molecule has 1 unspecified atom stereocenters. The summed E-state index contributed by atoms with van der Waals surface area (Å²) in [6.45, 7) is 6.61. The quantitative estimate of drug-likeness (QED) is 0.868. The zero-order valence-electron chi connectivity index (χ0n) is 15.9. The van der Waals surface area contributed by atoms with Gasteiger partial charge in [-0.25, -0.2) is 0 Å². The third-order valence-corrected chi connectivity index (χ3v) is 5.18. The van der Waals surface area contributed by atoms with E-state index < -0.39 is 0 Å². The molecule has 1 aliphatic carbocycles. The van der Waals surface area contributed by atoms with Crippen molar-refractivity contribution < 1.29 is 4.74 Å². The van der Waals surface area contributed by atoms with Crippen molar-refractivity contribution in [3.63, 3.8) is 0 Å². The Labute approximate surface area is 164 Å². The first-order valence-electron chi connectivity index (χ1n) is 9.46. The third-order valence-electron chi connectivity index (χ3n) is 5.18. The van der Waals surface area contributed by atoms with Crippen molar-refractivity contribution in [2.75, 3.05) is 33.3 Å². The average Bonchev–Trinajstić information content (AvgIpc) is 2.69. The lowest BCUT2D eigenvalue weighted by molar-refractivity contribution is 0.171. The molecule has 1 N–H and O–H groups in total. The van der Waals surface area contributed by atoms with Gasteiger partial charge in [0.15, 0.2) is 0 Å². The van der Waals surface area contributed by atoms with E-state index >= 15 is 0 Å². The van der Waals surface area contributed by atoms with E-state index in [2.05, 4.69) is 53.5 Å². The van der Waals surface area contributed by atoms with E-state index in [9.17, 15) is 0 Å². The zero-order chi connectivity index (χ0) is 17.5. The molecule has 2 aromatic rings. The van der Waals surface area contributed by atoms with Crippen LogP contribution < -0.4 is 10.1 Å². The molecule has 0 amide bonds. The predicted octanol–water partition coefficient (Wildman–Crippen LogP) is 4.26. The second-order valence-electron chi connectivity index (χ2n) is 6.80. The number of aryl methyl sites for hydroxylation is 2. The van der Waals surface area contributed by atoms with Gasteiger partial charge in [0.1, 0.15) is 5.75 Å². The first-order chi connectivity index (χ1) is 12.3. The molecule has 1 heterocycles. The van der Waals surface area contributed by atoms with E-state index in [-0.39, 0.29) is 12.4 Å². The van der Waals surface area contributed by atoms with Gasteiger partial charge in [-0.3, -0.25) is 4.90 Å². The first kappa shape index (κ1) is 20.8.